The van der Waals surface area contributed by atoms with Gasteiger partial charge in [-0.3, -0.25) is 4.90 Å². The van der Waals surface area contributed by atoms with Crippen LogP contribution in [0.25, 0.3) is 0 Å². The van der Waals surface area contributed by atoms with Crippen molar-refractivity contribution in [3.63, 3.8) is 0 Å². The second-order valence-electron chi connectivity index (χ2n) is 5.46. The van der Waals surface area contributed by atoms with Gasteiger partial charge in [-0.1, -0.05) is 19.3 Å². The molecule has 3 nitrogen and oxygen atoms in total. The normalized spacial score (nSPS) is 17.4. The molecule has 1 fully saturated rings. The first kappa shape index (κ1) is 13.6. The Morgan fingerprint density at radius 3 is 2.78 bits per heavy atom. The van der Waals surface area contributed by atoms with E-state index in [4.69, 9.17) is 10.2 Å². The molecule has 1 heterocycles. The SMILES string of the molecule is NCCCN(Cc1ccco1)CC1CCCCC1. The minimum atomic E-state index is 0.777. The van der Waals surface area contributed by atoms with Crippen molar-refractivity contribution in [2.45, 2.75) is 45.1 Å². The highest BCUT2D eigenvalue weighted by atomic mass is 16.3. The summed E-state index contributed by atoms with van der Waals surface area (Å²) in [5.74, 6) is 1.95. The number of hydrogen-bond donors (Lipinski definition) is 1. The van der Waals surface area contributed by atoms with Crippen molar-refractivity contribution in [2.24, 2.45) is 11.7 Å². The van der Waals surface area contributed by atoms with Gasteiger partial charge >= 0.3 is 0 Å². The summed E-state index contributed by atoms with van der Waals surface area (Å²) in [6.07, 6.45) is 9.89. The molecule has 0 unspecified atom stereocenters. The molecule has 1 aromatic rings. The van der Waals surface area contributed by atoms with Crippen LogP contribution in [0.3, 0.4) is 0 Å². The Balaban J connectivity index is 1.83. The lowest BCUT2D eigenvalue weighted by Gasteiger charge is -2.29. The van der Waals surface area contributed by atoms with Crippen molar-refractivity contribution in [1.82, 2.24) is 4.90 Å². The van der Waals surface area contributed by atoms with Crippen LogP contribution in [-0.2, 0) is 6.54 Å². The lowest BCUT2D eigenvalue weighted by atomic mass is 9.89. The molecule has 3 heteroatoms. The Morgan fingerprint density at radius 1 is 1.28 bits per heavy atom. The number of hydrogen-bond acceptors (Lipinski definition) is 3. The van der Waals surface area contributed by atoms with Gasteiger partial charge in [0.1, 0.15) is 5.76 Å². The van der Waals surface area contributed by atoms with Crippen LogP contribution >= 0.6 is 0 Å². The smallest absolute Gasteiger partial charge is 0.117 e. The van der Waals surface area contributed by atoms with Crippen LogP contribution in [0, 0.1) is 5.92 Å². The molecule has 0 aromatic carbocycles. The lowest BCUT2D eigenvalue weighted by molar-refractivity contribution is 0.181. The van der Waals surface area contributed by atoms with Crippen molar-refractivity contribution >= 4 is 0 Å². The van der Waals surface area contributed by atoms with Gasteiger partial charge in [-0.15, -0.1) is 0 Å². The summed E-state index contributed by atoms with van der Waals surface area (Å²) in [5, 5.41) is 0. The van der Waals surface area contributed by atoms with E-state index < -0.39 is 0 Å². The molecule has 18 heavy (non-hydrogen) atoms. The van der Waals surface area contributed by atoms with Gasteiger partial charge in [0.25, 0.3) is 0 Å². The maximum atomic E-state index is 5.63. The van der Waals surface area contributed by atoms with E-state index in [9.17, 15) is 0 Å². The van der Waals surface area contributed by atoms with E-state index in [0.29, 0.717) is 0 Å². The quantitative estimate of drug-likeness (QED) is 0.809. The van der Waals surface area contributed by atoms with E-state index in [1.165, 1.54) is 38.6 Å². The first-order chi connectivity index (χ1) is 8.88. The van der Waals surface area contributed by atoms with Crippen molar-refractivity contribution in [3.8, 4) is 0 Å². The van der Waals surface area contributed by atoms with Crippen molar-refractivity contribution < 1.29 is 4.42 Å². The Morgan fingerprint density at radius 2 is 2.11 bits per heavy atom. The molecule has 1 saturated carbocycles. The summed E-state index contributed by atoms with van der Waals surface area (Å²) in [7, 11) is 0. The largest absolute Gasteiger partial charge is 0.468 e. The first-order valence-corrected chi connectivity index (χ1v) is 7.33. The second kappa shape index (κ2) is 7.59. The van der Waals surface area contributed by atoms with Gasteiger partial charge in [-0.2, -0.15) is 0 Å². The molecule has 0 saturated heterocycles. The molecule has 0 spiro atoms. The Hall–Kier alpha value is -0.800. The Bertz CT molecular complexity index is 304. The average molecular weight is 250 g/mol. The lowest BCUT2D eigenvalue weighted by Crippen LogP contribution is -2.32. The maximum absolute atomic E-state index is 5.63. The maximum Gasteiger partial charge on any atom is 0.117 e. The fraction of sp³-hybridized carbons (Fsp3) is 0.733. The molecule has 1 aliphatic carbocycles. The Labute approximate surface area is 110 Å². The number of nitrogens with zero attached hydrogens (tertiary/aromatic N) is 1. The molecule has 0 bridgehead atoms. The van der Waals surface area contributed by atoms with E-state index >= 15 is 0 Å². The fourth-order valence-corrected chi connectivity index (χ4v) is 2.91. The molecule has 102 valence electrons. The average Bonchev–Trinajstić information content (AvgIpc) is 2.90. The molecule has 0 aliphatic heterocycles. The van der Waals surface area contributed by atoms with E-state index in [1.54, 1.807) is 6.26 Å². The summed E-state index contributed by atoms with van der Waals surface area (Å²) in [5.41, 5.74) is 5.63. The molecule has 0 atom stereocenters. The highest BCUT2D eigenvalue weighted by Crippen LogP contribution is 2.25. The van der Waals surface area contributed by atoms with Crippen LogP contribution in [0.5, 0.6) is 0 Å². The molecule has 2 rings (SSSR count). The minimum Gasteiger partial charge on any atom is -0.468 e. The third-order valence-corrected chi connectivity index (χ3v) is 3.88. The highest BCUT2D eigenvalue weighted by molar-refractivity contribution is 4.98. The molecular formula is C15H26N2O. The number of nitrogens with two attached hydrogens (primary N) is 1. The summed E-state index contributed by atoms with van der Waals surface area (Å²) in [6.45, 7) is 4.01. The van der Waals surface area contributed by atoms with Crippen LogP contribution in [0.15, 0.2) is 22.8 Å². The van der Waals surface area contributed by atoms with Crippen LogP contribution in [0.1, 0.15) is 44.3 Å². The van der Waals surface area contributed by atoms with Crippen LogP contribution in [0.2, 0.25) is 0 Å². The summed E-state index contributed by atoms with van der Waals surface area (Å²) in [6, 6.07) is 4.04. The van der Waals surface area contributed by atoms with Gasteiger partial charge in [-0.05, 0) is 50.4 Å². The Kier molecular flexibility index (Phi) is 5.75. The fourth-order valence-electron chi connectivity index (χ4n) is 2.91. The van der Waals surface area contributed by atoms with Crippen molar-refractivity contribution in [2.75, 3.05) is 19.6 Å². The molecule has 2 N–H and O–H groups in total. The highest BCUT2D eigenvalue weighted by Gasteiger charge is 2.17. The molecule has 0 amide bonds. The first-order valence-electron chi connectivity index (χ1n) is 7.33. The second-order valence-corrected chi connectivity index (χ2v) is 5.46. The summed E-state index contributed by atoms with van der Waals surface area (Å²) >= 11 is 0. The van der Waals surface area contributed by atoms with Gasteiger partial charge in [0.2, 0.25) is 0 Å². The number of rotatable bonds is 7. The van der Waals surface area contributed by atoms with E-state index in [-0.39, 0.29) is 0 Å². The predicted octanol–water partition coefficient (Wildman–Crippen LogP) is 3.01. The summed E-state index contributed by atoms with van der Waals surface area (Å²) in [4.78, 5) is 2.52. The van der Waals surface area contributed by atoms with Gasteiger partial charge in [0, 0.05) is 6.54 Å². The monoisotopic (exact) mass is 250 g/mol. The van der Waals surface area contributed by atoms with E-state index in [2.05, 4.69) is 11.0 Å². The van der Waals surface area contributed by atoms with Gasteiger partial charge in [0.15, 0.2) is 0 Å². The van der Waals surface area contributed by atoms with Gasteiger partial charge < -0.3 is 10.2 Å². The standard InChI is InChI=1S/C15H26N2O/c16-9-5-10-17(13-15-8-4-11-18-15)12-14-6-2-1-3-7-14/h4,8,11,14H,1-3,5-7,9-10,12-13,16H2. The zero-order valence-corrected chi connectivity index (χ0v) is 11.3. The molecular weight excluding hydrogens is 224 g/mol. The topological polar surface area (TPSA) is 42.4 Å². The zero-order valence-electron chi connectivity index (χ0n) is 11.3. The summed E-state index contributed by atoms with van der Waals surface area (Å²) < 4.78 is 5.46. The third-order valence-electron chi connectivity index (χ3n) is 3.88. The van der Waals surface area contributed by atoms with Crippen LogP contribution in [0.4, 0.5) is 0 Å². The van der Waals surface area contributed by atoms with Gasteiger partial charge in [-0.25, -0.2) is 0 Å². The number of furan rings is 1. The van der Waals surface area contributed by atoms with Crippen LogP contribution < -0.4 is 5.73 Å². The zero-order chi connectivity index (χ0) is 12.6. The van der Waals surface area contributed by atoms with Crippen LogP contribution in [-0.4, -0.2) is 24.5 Å². The van der Waals surface area contributed by atoms with Gasteiger partial charge in [0.05, 0.1) is 12.8 Å². The minimum absolute atomic E-state index is 0.777. The third kappa shape index (κ3) is 4.46. The predicted molar refractivity (Wildman–Crippen MR) is 74.2 cm³/mol. The molecule has 1 aromatic heterocycles. The molecule has 0 radical (unpaired) electrons. The van der Waals surface area contributed by atoms with Crippen molar-refractivity contribution in [3.05, 3.63) is 24.2 Å². The van der Waals surface area contributed by atoms with E-state index in [1.807, 2.05) is 6.07 Å². The van der Waals surface area contributed by atoms with E-state index in [0.717, 1.165) is 37.7 Å². The van der Waals surface area contributed by atoms with Crippen molar-refractivity contribution in [1.29, 1.82) is 0 Å². The molecule has 1 aliphatic rings.